The molecule has 1 N–H and O–H groups in total. The van der Waals surface area contributed by atoms with Gasteiger partial charge in [-0.1, -0.05) is 24.6 Å². The first-order chi connectivity index (χ1) is 9.93. The number of aryl methyl sites for hydroxylation is 1. The van der Waals surface area contributed by atoms with E-state index < -0.39 is 29.3 Å². The predicted molar refractivity (Wildman–Crippen MR) is 73.0 cm³/mol. The summed E-state index contributed by atoms with van der Waals surface area (Å²) in [5, 5.41) is 2.90. The van der Waals surface area contributed by atoms with E-state index in [0.717, 1.165) is 11.6 Å². The second-order valence-corrected chi connectivity index (χ2v) is 4.80. The molecule has 0 saturated heterocycles. The summed E-state index contributed by atoms with van der Waals surface area (Å²) >= 11 is 0. The second-order valence-electron chi connectivity index (χ2n) is 4.80. The van der Waals surface area contributed by atoms with Gasteiger partial charge in [-0.25, -0.2) is 17.6 Å². The summed E-state index contributed by atoms with van der Waals surface area (Å²) in [4.78, 5) is 0. The summed E-state index contributed by atoms with van der Waals surface area (Å²) in [6.07, 6.45) is 0. The maximum Gasteiger partial charge on any atom is 0.161 e. The molecule has 1 unspecified atom stereocenters. The fourth-order valence-electron chi connectivity index (χ4n) is 2.24. The summed E-state index contributed by atoms with van der Waals surface area (Å²) in [5.41, 5.74) is 0.860. The molecule has 0 aliphatic heterocycles. The Morgan fingerprint density at radius 1 is 0.857 bits per heavy atom. The maximum absolute atomic E-state index is 14.0. The summed E-state index contributed by atoms with van der Waals surface area (Å²) in [5.74, 6) is -3.88. The van der Waals surface area contributed by atoms with Gasteiger partial charge >= 0.3 is 0 Å². The van der Waals surface area contributed by atoms with E-state index in [2.05, 4.69) is 5.32 Å². The maximum atomic E-state index is 14.0. The Morgan fingerprint density at radius 3 is 2.14 bits per heavy atom. The third kappa shape index (κ3) is 3.24. The van der Waals surface area contributed by atoms with Crippen LogP contribution in [0.3, 0.4) is 0 Å². The van der Waals surface area contributed by atoms with Crippen molar-refractivity contribution in [3.8, 4) is 0 Å². The molecule has 5 heteroatoms. The Bertz CT molecular complexity index is 655. The number of benzene rings is 2. The van der Waals surface area contributed by atoms with Crippen LogP contribution in [-0.4, -0.2) is 6.54 Å². The number of nitrogens with one attached hydrogen (secondary N) is 1. The molecule has 0 aliphatic carbocycles. The number of hydrogen-bond donors (Lipinski definition) is 1. The molecular formula is C16H15F4N. The van der Waals surface area contributed by atoms with Crippen LogP contribution in [0.4, 0.5) is 17.6 Å². The first-order valence-corrected chi connectivity index (χ1v) is 6.58. The normalized spacial score (nSPS) is 12.5. The van der Waals surface area contributed by atoms with Gasteiger partial charge in [0.25, 0.3) is 0 Å². The zero-order valence-corrected chi connectivity index (χ0v) is 11.7. The number of rotatable bonds is 4. The molecular weight excluding hydrogens is 282 g/mol. The van der Waals surface area contributed by atoms with Gasteiger partial charge in [0.2, 0.25) is 0 Å². The Labute approximate surface area is 120 Å². The van der Waals surface area contributed by atoms with Crippen molar-refractivity contribution in [1.82, 2.24) is 5.32 Å². The lowest BCUT2D eigenvalue weighted by molar-refractivity contribution is 0.477. The van der Waals surface area contributed by atoms with Crippen LogP contribution in [0.1, 0.15) is 29.7 Å². The third-order valence-corrected chi connectivity index (χ3v) is 3.22. The lowest BCUT2D eigenvalue weighted by Crippen LogP contribution is -2.24. The highest BCUT2D eigenvalue weighted by molar-refractivity contribution is 5.36. The Hall–Kier alpha value is -1.88. The molecule has 0 saturated carbocycles. The van der Waals surface area contributed by atoms with Crippen molar-refractivity contribution in [3.05, 3.63) is 70.3 Å². The highest BCUT2D eigenvalue weighted by Gasteiger charge is 2.22. The highest BCUT2D eigenvalue weighted by Crippen LogP contribution is 2.28. The Kier molecular flexibility index (Phi) is 4.63. The van der Waals surface area contributed by atoms with Crippen LogP contribution in [0.25, 0.3) is 0 Å². The molecule has 0 heterocycles. The summed E-state index contributed by atoms with van der Waals surface area (Å²) in [6.45, 7) is 3.95. The first-order valence-electron chi connectivity index (χ1n) is 6.58. The van der Waals surface area contributed by atoms with E-state index in [4.69, 9.17) is 0 Å². The SMILES string of the molecule is CCNC(c1cc(C)ccc1F)c1cc(F)c(F)cc1F. The minimum Gasteiger partial charge on any atom is -0.306 e. The molecule has 0 amide bonds. The summed E-state index contributed by atoms with van der Waals surface area (Å²) < 4.78 is 54.4. The molecule has 1 nitrogen and oxygen atoms in total. The van der Waals surface area contributed by atoms with Crippen molar-refractivity contribution in [2.24, 2.45) is 0 Å². The van der Waals surface area contributed by atoms with Crippen molar-refractivity contribution in [1.29, 1.82) is 0 Å². The lowest BCUT2D eigenvalue weighted by atomic mass is 9.96. The fourth-order valence-corrected chi connectivity index (χ4v) is 2.24. The van der Waals surface area contributed by atoms with Gasteiger partial charge in [0.05, 0.1) is 6.04 Å². The zero-order chi connectivity index (χ0) is 15.6. The van der Waals surface area contributed by atoms with Crippen molar-refractivity contribution in [2.45, 2.75) is 19.9 Å². The van der Waals surface area contributed by atoms with Gasteiger partial charge < -0.3 is 5.32 Å². The van der Waals surface area contributed by atoms with Crippen LogP contribution < -0.4 is 5.32 Å². The predicted octanol–water partition coefficient (Wildman–Crippen LogP) is 4.25. The number of halogens is 4. The lowest BCUT2D eigenvalue weighted by Gasteiger charge is -2.21. The average Bonchev–Trinajstić information content (AvgIpc) is 2.43. The molecule has 0 bridgehead atoms. The largest absolute Gasteiger partial charge is 0.306 e. The van der Waals surface area contributed by atoms with Gasteiger partial charge in [-0.05, 0) is 25.6 Å². The Morgan fingerprint density at radius 2 is 1.48 bits per heavy atom. The smallest absolute Gasteiger partial charge is 0.161 e. The minimum absolute atomic E-state index is 0.125. The molecule has 112 valence electrons. The molecule has 0 radical (unpaired) electrons. The van der Waals surface area contributed by atoms with Gasteiger partial charge in [-0.2, -0.15) is 0 Å². The molecule has 21 heavy (non-hydrogen) atoms. The van der Waals surface area contributed by atoms with E-state index in [1.54, 1.807) is 26.0 Å². The standard InChI is InChI=1S/C16H15F4N/c1-3-21-16(10-6-9(2)4-5-12(10)17)11-7-14(19)15(20)8-13(11)18/h4-8,16,21H,3H2,1-2H3. The minimum atomic E-state index is -1.27. The molecule has 2 rings (SSSR count). The quantitative estimate of drug-likeness (QED) is 0.657. The zero-order valence-electron chi connectivity index (χ0n) is 11.7. The molecule has 0 fully saturated rings. The van der Waals surface area contributed by atoms with Crippen molar-refractivity contribution >= 4 is 0 Å². The van der Waals surface area contributed by atoms with Crippen LogP contribution in [0.2, 0.25) is 0 Å². The van der Waals surface area contributed by atoms with Crippen molar-refractivity contribution in [2.75, 3.05) is 6.54 Å². The van der Waals surface area contributed by atoms with E-state index in [0.29, 0.717) is 12.6 Å². The van der Waals surface area contributed by atoms with E-state index in [1.165, 1.54) is 6.07 Å². The number of hydrogen-bond acceptors (Lipinski definition) is 1. The highest BCUT2D eigenvalue weighted by atomic mass is 19.2. The van der Waals surface area contributed by atoms with Crippen molar-refractivity contribution in [3.63, 3.8) is 0 Å². The van der Waals surface area contributed by atoms with Crippen LogP contribution >= 0.6 is 0 Å². The molecule has 0 spiro atoms. The van der Waals surface area contributed by atoms with Gasteiger partial charge in [0.15, 0.2) is 11.6 Å². The van der Waals surface area contributed by atoms with E-state index >= 15 is 0 Å². The Balaban J connectivity index is 2.58. The molecule has 2 aromatic carbocycles. The molecule has 1 atom stereocenters. The van der Waals surface area contributed by atoms with Crippen LogP contribution in [0.5, 0.6) is 0 Å². The van der Waals surface area contributed by atoms with E-state index in [-0.39, 0.29) is 11.1 Å². The monoisotopic (exact) mass is 297 g/mol. The molecule has 0 aliphatic rings. The van der Waals surface area contributed by atoms with E-state index in [1.807, 2.05) is 0 Å². The molecule has 2 aromatic rings. The van der Waals surface area contributed by atoms with Gasteiger partial charge in [-0.15, -0.1) is 0 Å². The second kappa shape index (κ2) is 6.26. The van der Waals surface area contributed by atoms with Crippen LogP contribution in [-0.2, 0) is 0 Å². The average molecular weight is 297 g/mol. The van der Waals surface area contributed by atoms with Gasteiger partial charge in [0, 0.05) is 17.2 Å². The molecule has 0 aromatic heterocycles. The van der Waals surface area contributed by atoms with Crippen LogP contribution in [0, 0.1) is 30.2 Å². The third-order valence-electron chi connectivity index (χ3n) is 3.22. The van der Waals surface area contributed by atoms with E-state index in [9.17, 15) is 17.6 Å². The van der Waals surface area contributed by atoms with Gasteiger partial charge in [0.1, 0.15) is 11.6 Å². The topological polar surface area (TPSA) is 12.0 Å². The summed E-state index contributed by atoms with van der Waals surface area (Å²) in [6, 6.07) is 4.77. The fraction of sp³-hybridized carbons (Fsp3) is 0.250. The summed E-state index contributed by atoms with van der Waals surface area (Å²) in [7, 11) is 0. The van der Waals surface area contributed by atoms with Gasteiger partial charge in [-0.3, -0.25) is 0 Å². The van der Waals surface area contributed by atoms with Crippen LogP contribution in [0.15, 0.2) is 30.3 Å². The van der Waals surface area contributed by atoms with Crippen molar-refractivity contribution < 1.29 is 17.6 Å². The first kappa shape index (κ1) is 15.5.